The monoisotopic (exact) mass is 510 g/mol. The number of rotatable bonds is 29. The summed E-state index contributed by atoms with van der Waals surface area (Å²) in [5, 5.41) is 8.75. The van der Waals surface area contributed by atoms with Crippen LogP contribution < -0.4 is 0 Å². The van der Waals surface area contributed by atoms with Crippen LogP contribution in [0.15, 0.2) is 0 Å². The van der Waals surface area contributed by atoms with Crippen molar-refractivity contribution in [3.05, 3.63) is 0 Å². The molecule has 0 rings (SSSR count). The predicted octanol–water partition coefficient (Wildman–Crippen LogP) is 10.6. The molecular formula is C32H62O4. The zero-order valence-electron chi connectivity index (χ0n) is 24.3. The molecule has 1 atom stereocenters. The van der Waals surface area contributed by atoms with Crippen LogP contribution in [0.4, 0.5) is 0 Å². The highest BCUT2D eigenvalue weighted by atomic mass is 16.5. The SMILES string of the molecule is CCCCCCCCCCCCCCC(CCCCCCCC(=O)O)OC(=O)CCCCCCCC. The van der Waals surface area contributed by atoms with E-state index in [9.17, 15) is 9.59 Å². The lowest BCUT2D eigenvalue weighted by Gasteiger charge is -2.18. The van der Waals surface area contributed by atoms with Gasteiger partial charge in [0.05, 0.1) is 0 Å². The number of ether oxygens (including phenoxy) is 1. The summed E-state index contributed by atoms with van der Waals surface area (Å²) in [5.74, 6) is -0.703. The molecule has 0 aromatic carbocycles. The Morgan fingerprint density at radius 1 is 0.500 bits per heavy atom. The molecule has 0 saturated carbocycles. The third kappa shape index (κ3) is 27.5. The fraction of sp³-hybridized carbons (Fsp3) is 0.938. The van der Waals surface area contributed by atoms with Crippen LogP contribution in [-0.2, 0) is 14.3 Å². The minimum Gasteiger partial charge on any atom is -0.481 e. The lowest BCUT2D eigenvalue weighted by molar-refractivity contribution is -0.150. The molecule has 0 aliphatic rings. The number of hydrogen-bond donors (Lipinski definition) is 1. The van der Waals surface area contributed by atoms with Gasteiger partial charge in [-0.15, -0.1) is 0 Å². The molecule has 4 heteroatoms. The first kappa shape index (κ1) is 34.9. The van der Waals surface area contributed by atoms with Gasteiger partial charge in [0.1, 0.15) is 6.10 Å². The van der Waals surface area contributed by atoms with Crippen LogP contribution >= 0.6 is 0 Å². The van der Waals surface area contributed by atoms with Crippen LogP contribution in [0.2, 0.25) is 0 Å². The van der Waals surface area contributed by atoms with E-state index in [0.717, 1.165) is 64.2 Å². The van der Waals surface area contributed by atoms with E-state index < -0.39 is 5.97 Å². The Hall–Kier alpha value is -1.06. The molecule has 214 valence electrons. The standard InChI is InChI=1S/C32H62O4/c1-3-5-7-9-11-12-13-14-15-16-18-22-26-30(27-23-19-17-20-24-28-31(33)34)36-32(35)29-25-21-10-8-6-4-2/h30H,3-29H2,1-2H3,(H,33,34). The van der Waals surface area contributed by atoms with Crippen LogP contribution in [0.25, 0.3) is 0 Å². The van der Waals surface area contributed by atoms with Gasteiger partial charge in [0.15, 0.2) is 0 Å². The number of esters is 1. The first-order valence-electron chi connectivity index (χ1n) is 16.0. The summed E-state index contributed by atoms with van der Waals surface area (Å²) in [6.07, 6.45) is 31.1. The summed E-state index contributed by atoms with van der Waals surface area (Å²) in [6, 6.07) is 0. The smallest absolute Gasteiger partial charge is 0.306 e. The molecule has 0 bridgehead atoms. The van der Waals surface area contributed by atoms with Crippen LogP contribution in [0.5, 0.6) is 0 Å². The van der Waals surface area contributed by atoms with Crippen molar-refractivity contribution in [2.24, 2.45) is 0 Å². The van der Waals surface area contributed by atoms with Gasteiger partial charge < -0.3 is 9.84 Å². The first-order chi connectivity index (χ1) is 17.6. The second kappa shape index (κ2) is 28.5. The minimum absolute atomic E-state index is 0.00381. The van der Waals surface area contributed by atoms with Crippen molar-refractivity contribution in [1.82, 2.24) is 0 Å². The summed E-state index contributed by atoms with van der Waals surface area (Å²) < 4.78 is 5.92. The van der Waals surface area contributed by atoms with Crippen LogP contribution in [0.1, 0.15) is 187 Å². The van der Waals surface area contributed by atoms with Gasteiger partial charge in [0, 0.05) is 12.8 Å². The van der Waals surface area contributed by atoms with E-state index in [-0.39, 0.29) is 18.5 Å². The summed E-state index contributed by atoms with van der Waals surface area (Å²) in [5.41, 5.74) is 0. The third-order valence-electron chi connectivity index (χ3n) is 7.33. The Bertz CT molecular complexity index is 477. The van der Waals surface area contributed by atoms with Crippen molar-refractivity contribution in [2.75, 3.05) is 0 Å². The normalized spacial score (nSPS) is 12.1. The molecule has 36 heavy (non-hydrogen) atoms. The van der Waals surface area contributed by atoms with Gasteiger partial charge in [-0.1, -0.05) is 136 Å². The molecular weight excluding hydrogens is 448 g/mol. The van der Waals surface area contributed by atoms with Gasteiger partial charge in [-0.2, -0.15) is 0 Å². The van der Waals surface area contributed by atoms with Crippen molar-refractivity contribution < 1.29 is 19.4 Å². The second-order valence-corrected chi connectivity index (χ2v) is 11.0. The van der Waals surface area contributed by atoms with Crippen molar-refractivity contribution in [2.45, 2.75) is 193 Å². The molecule has 0 spiro atoms. The Morgan fingerprint density at radius 2 is 0.833 bits per heavy atom. The van der Waals surface area contributed by atoms with Crippen molar-refractivity contribution in [3.63, 3.8) is 0 Å². The Morgan fingerprint density at radius 3 is 1.22 bits per heavy atom. The van der Waals surface area contributed by atoms with E-state index in [1.807, 2.05) is 0 Å². The van der Waals surface area contributed by atoms with Gasteiger partial charge in [-0.3, -0.25) is 9.59 Å². The highest BCUT2D eigenvalue weighted by molar-refractivity contribution is 5.69. The topological polar surface area (TPSA) is 63.6 Å². The summed E-state index contributed by atoms with van der Waals surface area (Å²) in [4.78, 5) is 23.1. The van der Waals surface area contributed by atoms with E-state index in [1.54, 1.807) is 0 Å². The molecule has 0 radical (unpaired) electrons. The van der Waals surface area contributed by atoms with E-state index >= 15 is 0 Å². The summed E-state index contributed by atoms with van der Waals surface area (Å²) in [7, 11) is 0. The molecule has 0 fully saturated rings. The second-order valence-electron chi connectivity index (χ2n) is 11.0. The van der Waals surface area contributed by atoms with Crippen LogP contribution in [0, 0.1) is 0 Å². The van der Waals surface area contributed by atoms with Gasteiger partial charge >= 0.3 is 11.9 Å². The zero-order valence-corrected chi connectivity index (χ0v) is 24.3. The van der Waals surface area contributed by atoms with Crippen molar-refractivity contribution in [1.29, 1.82) is 0 Å². The van der Waals surface area contributed by atoms with E-state index in [4.69, 9.17) is 9.84 Å². The Labute approximate surface area is 224 Å². The van der Waals surface area contributed by atoms with Crippen molar-refractivity contribution >= 4 is 11.9 Å². The third-order valence-corrected chi connectivity index (χ3v) is 7.33. The fourth-order valence-electron chi connectivity index (χ4n) is 4.95. The number of aliphatic carboxylic acids is 1. The molecule has 4 nitrogen and oxygen atoms in total. The predicted molar refractivity (Wildman–Crippen MR) is 154 cm³/mol. The molecule has 1 unspecified atom stereocenters. The molecule has 0 aromatic rings. The maximum absolute atomic E-state index is 12.4. The lowest BCUT2D eigenvalue weighted by atomic mass is 10.0. The number of carboxylic acids is 1. The maximum Gasteiger partial charge on any atom is 0.306 e. The average Bonchev–Trinajstić information content (AvgIpc) is 2.85. The molecule has 0 aliphatic carbocycles. The average molecular weight is 511 g/mol. The Kier molecular flexibility index (Phi) is 27.7. The lowest BCUT2D eigenvalue weighted by Crippen LogP contribution is -2.18. The number of carboxylic acid groups (broad SMARTS) is 1. The summed E-state index contributed by atoms with van der Waals surface area (Å²) >= 11 is 0. The molecule has 0 saturated heterocycles. The highest BCUT2D eigenvalue weighted by Gasteiger charge is 2.14. The molecule has 0 amide bonds. The number of carbonyl (C=O) groups is 2. The Balaban J connectivity index is 4.01. The largest absolute Gasteiger partial charge is 0.481 e. The highest BCUT2D eigenvalue weighted by Crippen LogP contribution is 2.19. The van der Waals surface area contributed by atoms with Gasteiger partial charge in [-0.25, -0.2) is 0 Å². The number of carbonyl (C=O) groups excluding carboxylic acids is 1. The van der Waals surface area contributed by atoms with Gasteiger partial charge in [0.25, 0.3) is 0 Å². The molecule has 1 N–H and O–H groups in total. The number of hydrogen-bond acceptors (Lipinski definition) is 3. The van der Waals surface area contributed by atoms with Crippen molar-refractivity contribution in [3.8, 4) is 0 Å². The quantitative estimate of drug-likeness (QED) is 0.0802. The number of unbranched alkanes of at least 4 members (excludes halogenated alkanes) is 20. The van der Waals surface area contributed by atoms with E-state index in [2.05, 4.69) is 13.8 Å². The van der Waals surface area contributed by atoms with Gasteiger partial charge in [0.2, 0.25) is 0 Å². The molecule has 0 aliphatic heterocycles. The van der Waals surface area contributed by atoms with E-state index in [1.165, 1.54) is 96.3 Å². The van der Waals surface area contributed by atoms with Crippen LogP contribution in [-0.4, -0.2) is 23.1 Å². The zero-order chi connectivity index (χ0) is 26.5. The minimum atomic E-state index is -0.699. The van der Waals surface area contributed by atoms with E-state index in [0.29, 0.717) is 6.42 Å². The summed E-state index contributed by atoms with van der Waals surface area (Å²) in [6.45, 7) is 4.50. The van der Waals surface area contributed by atoms with Gasteiger partial charge in [-0.05, 0) is 38.5 Å². The molecule has 0 heterocycles. The van der Waals surface area contributed by atoms with Crippen LogP contribution in [0.3, 0.4) is 0 Å². The first-order valence-corrected chi connectivity index (χ1v) is 16.0. The molecule has 0 aromatic heterocycles. The fourth-order valence-corrected chi connectivity index (χ4v) is 4.95. The maximum atomic E-state index is 12.4.